The van der Waals surface area contributed by atoms with Crippen LogP contribution >= 0.6 is 23.8 Å². The normalized spacial score (nSPS) is 14.4. The molecule has 4 rings (SSSR count). The van der Waals surface area contributed by atoms with E-state index in [1.807, 2.05) is 36.4 Å². The predicted molar refractivity (Wildman–Crippen MR) is 144 cm³/mol. The Bertz CT molecular complexity index is 1250. The molecule has 3 aromatic rings. The third-order valence-corrected chi connectivity index (χ3v) is 6.59. The van der Waals surface area contributed by atoms with Crippen molar-refractivity contribution < 1.29 is 23.7 Å². The number of carbonyl (C=O) groups excluding carboxylic acids is 1. The highest BCUT2D eigenvalue weighted by atomic mass is 35.5. The lowest BCUT2D eigenvalue weighted by Gasteiger charge is -2.39. The fourth-order valence-electron chi connectivity index (χ4n) is 4.19. The molecule has 0 fully saturated rings. The number of rotatable bonds is 7. The van der Waals surface area contributed by atoms with E-state index in [1.165, 1.54) is 7.11 Å². The van der Waals surface area contributed by atoms with Crippen molar-refractivity contribution in [2.45, 2.75) is 12.5 Å². The Morgan fingerprint density at radius 3 is 2.44 bits per heavy atom. The summed E-state index contributed by atoms with van der Waals surface area (Å²) >= 11 is 12.0. The van der Waals surface area contributed by atoms with E-state index >= 15 is 0 Å². The van der Waals surface area contributed by atoms with Gasteiger partial charge in [-0.1, -0.05) is 17.7 Å². The van der Waals surface area contributed by atoms with Crippen LogP contribution in [0.2, 0.25) is 5.02 Å². The van der Waals surface area contributed by atoms with Gasteiger partial charge in [-0.2, -0.15) is 0 Å². The van der Waals surface area contributed by atoms with E-state index in [1.54, 1.807) is 38.5 Å². The van der Waals surface area contributed by atoms with Crippen LogP contribution < -0.4 is 19.5 Å². The number of esters is 1. The van der Waals surface area contributed by atoms with Gasteiger partial charge >= 0.3 is 5.97 Å². The number of anilines is 1. The average Bonchev–Trinajstić information content (AvgIpc) is 2.90. The van der Waals surface area contributed by atoms with Gasteiger partial charge in [-0.05, 0) is 84.4 Å². The van der Waals surface area contributed by atoms with Crippen LogP contribution in [-0.4, -0.2) is 50.5 Å². The molecule has 0 unspecified atom stereocenters. The van der Waals surface area contributed by atoms with E-state index in [2.05, 4.69) is 10.2 Å². The number of halogens is 1. The molecule has 0 spiro atoms. The highest BCUT2D eigenvalue weighted by molar-refractivity contribution is 7.80. The van der Waals surface area contributed by atoms with Gasteiger partial charge in [-0.25, -0.2) is 4.79 Å². The average molecular weight is 527 g/mol. The minimum absolute atomic E-state index is 0.201. The van der Waals surface area contributed by atoms with E-state index in [0.29, 0.717) is 46.1 Å². The van der Waals surface area contributed by atoms with Crippen molar-refractivity contribution in [2.24, 2.45) is 0 Å². The van der Waals surface area contributed by atoms with Gasteiger partial charge in [0.2, 0.25) is 0 Å². The maximum absolute atomic E-state index is 11.7. The minimum atomic E-state index is -0.396. The maximum Gasteiger partial charge on any atom is 0.337 e. The summed E-state index contributed by atoms with van der Waals surface area (Å²) in [7, 11) is 4.60. The number of thiocarbonyl (C=S) groups is 1. The molecule has 36 heavy (non-hydrogen) atoms. The molecule has 188 valence electrons. The van der Waals surface area contributed by atoms with Crippen molar-refractivity contribution in [2.75, 3.05) is 39.8 Å². The van der Waals surface area contributed by atoms with Crippen LogP contribution in [0.5, 0.6) is 17.2 Å². The number of nitrogens with one attached hydrogen (secondary N) is 1. The molecule has 0 saturated carbocycles. The number of fused-ring (bicyclic) bond motifs is 1. The van der Waals surface area contributed by atoms with Gasteiger partial charge < -0.3 is 29.2 Å². The van der Waals surface area contributed by atoms with E-state index in [9.17, 15) is 4.79 Å². The second-order valence-corrected chi connectivity index (χ2v) is 8.96. The quantitative estimate of drug-likeness (QED) is 0.319. The number of methoxy groups -OCH3 is 3. The molecular weight excluding hydrogens is 500 g/mol. The van der Waals surface area contributed by atoms with Gasteiger partial charge in [0.15, 0.2) is 16.6 Å². The Kier molecular flexibility index (Phi) is 8.18. The molecule has 3 aromatic carbocycles. The summed E-state index contributed by atoms with van der Waals surface area (Å²) in [6, 6.07) is 18.1. The van der Waals surface area contributed by atoms with Crippen LogP contribution in [0.1, 0.15) is 27.5 Å². The Balaban J connectivity index is 1.62. The first-order chi connectivity index (χ1) is 17.4. The molecule has 0 aliphatic carbocycles. The monoisotopic (exact) mass is 526 g/mol. The SMILES string of the molecule is COC(=O)c1ccc(OC[C@H]2c3cc(OC)c(OC)cc3CCN2C(=S)Nc2cccc(Cl)c2)cc1. The fraction of sp³-hybridized carbons (Fsp3) is 0.259. The van der Waals surface area contributed by atoms with Crippen molar-refractivity contribution in [3.8, 4) is 17.2 Å². The van der Waals surface area contributed by atoms with Crippen molar-refractivity contribution in [3.63, 3.8) is 0 Å². The Morgan fingerprint density at radius 1 is 1.06 bits per heavy atom. The zero-order valence-electron chi connectivity index (χ0n) is 20.2. The lowest BCUT2D eigenvalue weighted by molar-refractivity contribution is 0.0600. The minimum Gasteiger partial charge on any atom is -0.493 e. The summed E-state index contributed by atoms with van der Waals surface area (Å²) in [4.78, 5) is 13.9. The molecule has 0 aromatic heterocycles. The number of benzene rings is 3. The summed E-state index contributed by atoms with van der Waals surface area (Å²) in [5, 5.41) is 4.49. The molecule has 7 nitrogen and oxygen atoms in total. The second-order valence-electron chi connectivity index (χ2n) is 8.13. The molecule has 0 bridgehead atoms. The van der Waals surface area contributed by atoms with Crippen molar-refractivity contribution >= 4 is 40.6 Å². The van der Waals surface area contributed by atoms with Crippen LogP contribution in [0, 0.1) is 0 Å². The molecule has 1 heterocycles. The van der Waals surface area contributed by atoms with Gasteiger partial charge in [0.25, 0.3) is 0 Å². The van der Waals surface area contributed by atoms with Crippen molar-refractivity contribution in [3.05, 3.63) is 82.4 Å². The van der Waals surface area contributed by atoms with E-state index in [4.69, 9.17) is 42.8 Å². The Hall–Kier alpha value is -3.49. The number of ether oxygens (including phenoxy) is 4. The highest BCUT2D eigenvalue weighted by Crippen LogP contribution is 2.38. The second kappa shape index (κ2) is 11.5. The third kappa shape index (κ3) is 5.66. The molecule has 1 aliphatic rings. The van der Waals surface area contributed by atoms with E-state index in [-0.39, 0.29) is 6.04 Å². The van der Waals surface area contributed by atoms with Gasteiger partial charge in [-0.15, -0.1) is 0 Å². The fourth-order valence-corrected chi connectivity index (χ4v) is 4.72. The van der Waals surface area contributed by atoms with Gasteiger partial charge in [0.1, 0.15) is 12.4 Å². The van der Waals surface area contributed by atoms with Crippen LogP contribution in [0.3, 0.4) is 0 Å². The Labute approximate surface area is 220 Å². The summed E-state index contributed by atoms with van der Waals surface area (Å²) in [6.07, 6.45) is 0.775. The number of hydrogen-bond acceptors (Lipinski definition) is 6. The van der Waals surface area contributed by atoms with Crippen molar-refractivity contribution in [1.82, 2.24) is 4.90 Å². The molecule has 0 saturated heterocycles. The molecule has 1 aliphatic heterocycles. The van der Waals surface area contributed by atoms with Crippen LogP contribution in [-0.2, 0) is 11.2 Å². The number of nitrogens with zero attached hydrogens (tertiary/aromatic N) is 1. The first-order valence-corrected chi connectivity index (χ1v) is 12.1. The van der Waals surface area contributed by atoms with Crippen LogP contribution in [0.4, 0.5) is 5.69 Å². The first-order valence-electron chi connectivity index (χ1n) is 11.3. The largest absolute Gasteiger partial charge is 0.493 e. The topological polar surface area (TPSA) is 69.3 Å². The number of hydrogen-bond donors (Lipinski definition) is 1. The summed E-state index contributed by atoms with van der Waals surface area (Å²) in [5.74, 6) is 1.55. The molecule has 9 heteroatoms. The molecule has 1 N–H and O–H groups in total. The summed E-state index contributed by atoms with van der Waals surface area (Å²) in [5.41, 5.74) is 3.45. The molecule has 0 radical (unpaired) electrons. The molecular formula is C27H27ClN2O5S. The first kappa shape index (κ1) is 25.6. The van der Waals surface area contributed by atoms with Crippen LogP contribution in [0.25, 0.3) is 0 Å². The van der Waals surface area contributed by atoms with Crippen molar-refractivity contribution in [1.29, 1.82) is 0 Å². The zero-order chi connectivity index (χ0) is 25.7. The summed E-state index contributed by atoms with van der Waals surface area (Å²) in [6.45, 7) is 1.00. The smallest absolute Gasteiger partial charge is 0.337 e. The predicted octanol–water partition coefficient (Wildman–Crippen LogP) is 5.52. The standard InChI is InChI=1S/C27H27ClN2O5S/c1-32-24-13-18-11-12-30(27(36)29-20-6-4-5-19(28)14-20)23(22(18)15-25(24)33-2)16-35-21-9-7-17(8-10-21)26(31)34-3/h4-10,13-15,23H,11-12,16H2,1-3H3,(H,29,36)/t23-/m0/s1. The number of carbonyl (C=O) groups is 1. The lowest BCUT2D eigenvalue weighted by atomic mass is 9.92. The third-order valence-electron chi connectivity index (χ3n) is 6.02. The molecule has 1 atom stereocenters. The van der Waals surface area contributed by atoms with Gasteiger partial charge in [0.05, 0.1) is 32.9 Å². The van der Waals surface area contributed by atoms with Crippen LogP contribution in [0.15, 0.2) is 60.7 Å². The highest BCUT2D eigenvalue weighted by Gasteiger charge is 2.31. The maximum atomic E-state index is 11.7. The zero-order valence-corrected chi connectivity index (χ0v) is 21.8. The summed E-state index contributed by atoms with van der Waals surface area (Å²) < 4.78 is 22.0. The van der Waals surface area contributed by atoms with Gasteiger partial charge in [0, 0.05) is 17.3 Å². The van der Waals surface area contributed by atoms with E-state index in [0.717, 1.165) is 23.2 Å². The lowest BCUT2D eigenvalue weighted by Crippen LogP contribution is -2.44. The van der Waals surface area contributed by atoms with E-state index < -0.39 is 5.97 Å². The van der Waals surface area contributed by atoms with Gasteiger partial charge in [-0.3, -0.25) is 0 Å². The molecule has 0 amide bonds. The Morgan fingerprint density at radius 2 is 1.78 bits per heavy atom.